The number of anilines is 1. The lowest BCUT2D eigenvalue weighted by Gasteiger charge is -2.23. The van der Waals surface area contributed by atoms with E-state index < -0.39 is 11.7 Å². The van der Waals surface area contributed by atoms with Crippen LogP contribution >= 0.6 is 11.6 Å². The van der Waals surface area contributed by atoms with Crippen LogP contribution in [0.3, 0.4) is 0 Å². The number of hydrazine groups is 1. The van der Waals surface area contributed by atoms with Gasteiger partial charge in [0.2, 0.25) is 5.91 Å². The molecule has 7 nitrogen and oxygen atoms in total. The quantitative estimate of drug-likeness (QED) is 0.701. The maximum absolute atomic E-state index is 12.3. The van der Waals surface area contributed by atoms with Gasteiger partial charge >= 0.3 is 6.09 Å². The Bertz CT molecular complexity index is 670. The first kappa shape index (κ1) is 19.1. The van der Waals surface area contributed by atoms with Gasteiger partial charge in [-0.15, -0.1) is 0 Å². The molecule has 25 heavy (non-hydrogen) atoms. The predicted octanol–water partition coefficient (Wildman–Crippen LogP) is 3.12. The van der Waals surface area contributed by atoms with E-state index in [0.717, 1.165) is 0 Å². The number of aliphatic imine (C=N–C) groups is 1. The van der Waals surface area contributed by atoms with Crippen molar-refractivity contribution in [3.63, 3.8) is 0 Å². The van der Waals surface area contributed by atoms with Crippen LogP contribution in [0.4, 0.5) is 10.5 Å². The topological polar surface area (TPSA) is 91.8 Å². The monoisotopic (exact) mass is 366 g/mol. The number of amidine groups is 1. The molecular weight excluding hydrogens is 344 g/mol. The first-order chi connectivity index (χ1) is 11.7. The Hall–Kier alpha value is -2.28. The third kappa shape index (κ3) is 6.62. The van der Waals surface area contributed by atoms with Crippen LogP contribution < -0.4 is 16.2 Å². The molecule has 1 aromatic rings. The molecule has 1 atom stereocenters. The van der Waals surface area contributed by atoms with Crippen molar-refractivity contribution in [2.45, 2.75) is 39.2 Å². The van der Waals surface area contributed by atoms with Crippen LogP contribution in [-0.4, -0.2) is 30.0 Å². The van der Waals surface area contributed by atoms with Crippen molar-refractivity contribution in [3.8, 4) is 0 Å². The fourth-order valence-electron chi connectivity index (χ4n) is 2.26. The summed E-state index contributed by atoms with van der Waals surface area (Å²) in [5.74, 6) is 0.314. The van der Waals surface area contributed by atoms with Gasteiger partial charge in [0.1, 0.15) is 11.4 Å². The molecule has 1 aliphatic rings. The summed E-state index contributed by atoms with van der Waals surface area (Å²) in [6.07, 6.45) is 0.619. The van der Waals surface area contributed by atoms with Gasteiger partial charge in [-0.2, -0.15) is 0 Å². The number of carbonyl (C=O) groups excluding carboxylic acids is 2. The number of carbonyl (C=O) groups is 2. The number of amides is 2. The normalized spacial score (nSPS) is 17.3. The van der Waals surface area contributed by atoms with Crippen LogP contribution in [0, 0.1) is 5.92 Å². The van der Waals surface area contributed by atoms with Gasteiger partial charge < -0.3 is 10.1 Å². The van der Waals surface area contributed by atoms with Gasteiger partial charge in [0, 0.05) is 17.1 Å². The standard InChI is InChI=1S/C17H23ClN4O3/c1-17(2,3)25-16(24)22-21-14-8-7-11(10-19-14)15(23)20-13-6-4-5-12(18)9-13/h4-6,9,11H,7-8,10H2,1-3H3,(H,19,21)(H,20,23)(H,22,24). The van der Waals surface area contributed by atoms with Crippen molar-refractivity contribution in [1.29, 1.82) is 0 Å². The number of hydrogen-bond acceptors (Lipinski definition) is 5. The molecule has 8 heteroatoms. The van der Waals surface area contributed by atoms with E-state index >= 15 is 0 Å². The highest BCUT2D eigenvalue weighted by Crippen LogP contribution is 2.19. The van der Waals surface area contributed by atoms with E-state index in [1.54, 1.807) is 45.0 Å². The average Bonchev–Trinajstić information content (AvgIpc) is 2.52. The molecule has 0 aliphatic carbocycles. The summed E-state index contributed by atoms with van der Waals surface area (Å²) in [6, 6.07) is 7.01. The maximum atomic E-state index is 12.3. The molecule has 1 aromatic carbocycles. The van der Waals surface area contributed by atoms with Crippen LogP contribution in [0.15, 0.2) is 29.3 Å². The molecule has 0 radical (unpaired) electrons. The highest BCUT2D eigenvalue weighted by Gasteiger charge is 2.23. The molecule has 0 aromatic heterocycles. The molecule has 3 N–H and O–H groups in total. The van der Waals surface area contributed by atoms with Crippen molar-refractivity contribution in [2.24, 2.45) is 10.9 Å². The molecule has 1 aliphatic heterocycles. The summed E-state index contributed by atoms with van der Waals surface area (Å²) in [7, 11) is 0. The largest absolute Gasteiger partial charge is 0.443 e. The Kier molecular flexibility index (Phi) is 6.25. The van der Waals surface area contributed by atoms with Crippen LogP contribution in [0.1, 0.15) is 33.6 Å². The lowest BCUT2D eigenvalue weighted by molar-refractivity contribution is -0.119. The summed E-state index contributed by atoms with van der Waals surface area (Å²) in [4.78, 5) is 28.2. The Morgan fingerprint density at radius 3 is 2.68 bits per heavy atom. The van der Waals surface area contributed by atoms with E-state index in [-0.39, 0.29) is 11.8 Å². The minimum absolute atomic E-state index is 0.0924. The molecule has 0 spiro atoms. The first-order valence-electron chi connectivity index (χ1n) is 8.08. The molecule has 2 amide bonds. The Morgan fingerprint density at radius 2 is 2.08 bits per heavy atom. The zero-order valence-corrected chi connectivity index (χ0v) is 15.3. The van der Waals surface area contributed by atoms with E-state index in [1.807, 2.05) is 0 Å². The smallest absolute Gasteiger partial charge is 0.426 e. The van der Waals surface area contributed by atoms with Crippen LogP contribution in [0.5, 0.6) is 0 Å². The van der Waals surface area contributed by atoms with Gasteiger partial charge in [0.25, 0.3) is 0 Å². The fourth-order valence-corrected chi connectivity index (χ4v) is 2.45. The zero-order chi connectivity index (χ0) is 18.4. The lowest BCUT2D eigenvalue weighted by atomic mass is 9.99. The number of ether oxygens (including phenoxy) is 1. The molecule has 0 bridgehead atoms. The highest BCUT2D eigenvalue weighted by atomic mass is 35.5. The molecular formula is C17H23ClN4O3. The number of rotatable bonds is 2. The zero-order valence-electron chi connectivity index (χ0n) is 14.6. The summed E-state index contributed by atoms with van der Waals surface area (Å²) in [5, 5.41) is 3.41. The van der Waals surface area contributed by atoms with Crippen molar-refractivity contribution in [1.82, 2.24) is 10.9 Å². The van der Waals surface area contributed by atoms with Gasteiger partial charge in [0.05, 0.1) is 12.5 Å². The molecule has 1 heterocycles. The average molecular weight is 367 g/mol. The fraction of sp³-hybridized carbons (Fsp3) is 0.471. The van der Waals surface area contributed by atoms with Crippen LogP contribution in [0.25, 0.3) is 0 Å². The van der Waals surface area contributed by atoms with Crippen LogP contribution in [-0.2, 0) is 9.53 Å². The number of nitrogens with zero attached hydrogens (tertiary/aromatic N) is 1. The van der Waals surface area contributed by atoms with Gasteiger partial charge in [-0.25, -0.2) is 10.2 Å². The predicted molar refractivity (Wildman–Crippen MR) is 97.6 cm³/mol. The van der Waals surface area contributed by atoms with E-state index in [4.69, 9.17) is 16.3 Å². The second-order valence-corrected chi connectivity index (χ2v) is 7.21. The number of halogens is 1. The SMILES string of the molecule is CC(C)(C)OC(=O)NNC1=NCC(C(=O)Nc2cccc(Cl)c2)CC1. The minimum atomic E-state index is -0.573. The van der Waals surface area contributed by atoms with Gasteiger partial charge in [0.15, 0.2) is 0 Å². The Labute approximate surface area is 152 Å². The van der Waals surface area contributed by atoms with Gasteiger partial charge in [-0.1, -0.05) is 17.7 Å². The number of nitrogens with one attached hydrogen (secondary N) is 3. The Balaban J connectivity index is 1.79. The second kappa shape index (κ2) is 8.20. The van der Waals surface area contributed by atoms with E-state index in [0.29, 0.717) is 35.9 Å². The molecule has 0 fully saturated rings. The second-order valence-electron chi connectivity index (χ2n) is 6.77. The number of benzene rings is 1. The van der Waals surface area contributed by atoms with E-state index in [9.17, 15) is 9.59 Å². The summed E-state index contributed by atoms with van der Waals surface area (Å²) >= 11 is 5.91. The van der Waals surface area contributed by atoms with Gasteiger partial charge in [-0.3, -0.25) is 15.2 Å². The van der Waals surface area contributed by atoms with Crippen molar-refractivity contribution in [2.75, 3.05) is 11.9 Å². The third-order valence-corrected chi connectivity index (χ3v) is 3.64. The Morgan fingerprint density at radius 1 is 1.32 bits per heavy atom. The molecule has 0 saturated carbocycles. The summed E-state index contributed by atoms with van der Waals surface area (Å²) in [5.41, 5.74) is 5.28. The molecule has 1 unspecified atom stereocenters. The number of hydrogen-bond donors (Lipinski definition) is 3. The van der Waals surface area contributed by atoms with E-state index in [1.165, 1.54) is 0 Å². The third-order valence-electron chi connectivity index (χ3n) is 3.40. The van der Waals surface area contributed by atoms with Crippen molar-refractivity contribution >= 4 is 35.1 Å². The molecule has 136 valence electrons. The molecule has 2 rings (SSSR count). The van der Waals surface area contributed by atoms with Crippen LogP contribution in [0.2, 0.25) is 5.02 Å². The van der Waals surface area contributed by atoms with E-state index in [2.05, 4.69) is 21.2 Å². The lowest BCUT2D eigenvalue weighted by Crippen LogP contribution is -2.45. The maximum Gasteiger partial charge on any atom is 0.426 e. The minimum Gasteiger partial charge on any atom is -0.443 e. The summed E-state index contributed by atoms with van der Waals surface area (Å²) in [6.45, 7) is 5.71. The first-order valence-corrected chi connectivity index (χ1v) is 8.45. The van der Waals surface area contributed by atoms with Crippen molar-refractivity contribution in [3.05, 3.63) is 29.3 Å². The van der Waals surface area contributed by atoms with Crippen molar-refractivity contribution < 1.29 is 14.3 Å². The summed E-state index contributed by atoms with van der Waals surface area (Å²) < 4.78 is 5.12. The highest BCUT2D eigenvalue weighted by molar-refractivity contribution is 6.30. The molecule has 0 saturated heterocycles. The van der Waals surface area contributed by atoms with Gasteiger partial charge in [-0.05, 0) is 45.4 Å².